The summed E-state index contributed by atoms with van der Waals surface area (Å²) in [7, 11) is 0. The van der Waals surface area contributed by atoms with Gasteiger partial charge in [-0.1, -0.05) is 91.0 Å². The molecule has 0 bridgehead atoms. The zero-order valence-corrected chi connectivity index (χ0v) is 19.8. The van der Waals surface area contributed by atoms with E-state index < -0.39 is 0 Å². The fourth-order valence-corrected chi connectivity index (χ4v) is 6.13. The van der Waals surface area contributed by atoms with Crippen molar-refractivity contribution in [2.45, 2.75) is 30.8 Å². The maximum absolute atomic E-state index is 14.1. The molecule has 0 N–H and O–H groups in total. The molecule has 4 nitrogen and oxygen atoms in total. The standard InChI is InChI=1S/C32H25N3O/c33-19-25(20-34)28(22-10-3-1-4-11-22)30-27-18-17-21-9-7-8-14-26(21)35(27)31(32(36)24-15-16-24)29(30)23-12-5-2-6-13-23/h1-14,17-18,24,27,29-31H,15-16H2/t27-,29+,30+,31-/m0/s1. The number of anilines is 1. The molecule has 0 unspecified atom stereocenters. The number of ketones is 1. The monoisotopic (exact) mass is 467 g/mol. The lowest BCUT2D eigenvalue weighted by atomic mass is 9.73. The Kier molecular flexibility index (Phi) is 5.51. The molecule has 0 amide bonds. The Morgan fingerprint density at radius 3 is 2.14 bits per heavy atom. The normalized spacial score (nSPS) is 23.7. The molecule has 3 aromatic carbocycles. The SMILES string of the molecule is N#CC(C#N)=C(c1ccccc1)[C@@H]1[C@@H](c2ccccc2)[C@@H](C(=O)C2CC2)N2c3ccccc3C=C[C@@H]12. The van der Waals surface area contributed by atoms with Crippen LogP contribution in [-0.4, -0.2) is 17.9 Å². The highest BCUT2D eigenvalue weighted by atomic mass is 16.1. The lowest BCUT2D eigenvalue weighted by Gasteiger charge is -2.36. The molecular formula is C32H25N3O. The van der Waals surface area contributed by atoms with Crippen molar-refractivity contribution in [2.24, 2.45) is 11.8 Å². The minimum absolute atomic E-state index is 0.0780. The first kappa shape index (κ1) is 22.1. The van der Waals surface area contributed by atoms with Crippen molar-refractivity contribution in [3.63, 3.8) is 0 Å². The number of rotatable bonds is 5. The molecule has 2 fully saturated rings. The minimum Gasteiger partial charge on any atom is -0.353 e. The van der Waals surface area contributed by atoms with Gasteiger partial charge in [0.25, 0.3) is 0 Å². The molecule has 1 aliphatic carbocycles. The van der Waals surface area contributed by atoms with E-state index in [0.717, 1.165) is 40.8 Å². The summed E-state index contributed by atoms with van der Waals surface area (Å²) < 4.78 is 0. The zero-order chi connectivity index (χ0) is 24.6. The number of nitriles is 2. The van der Waals surface area contributed by atoms with Crippen LogP contribution in [0.5, 0.6) is 0 Å². The van der Waals surface area contributed by atoms with Gasteiger partial charge in [0, 0.05) is 23.4 Å². The molecule has 4 atom stereocenters. The smallest absolute Gasteiger partial charge is 0.158 e. The molecule has 0 aromatic heterocycles. The fourth-order valence-electron chi connectivity index (χ4n) is 6.13. The van der Waals surface area contributed by atoms with Crippen molar-refractivity contribution >= 4 is 23.1 Å². The number of fused-ring (bicyclic) bond motifs is 3. The number of nitrogens with zero attached hydrogens (tertiary/aromatic N) is 3. The number of Topliss-reactive ketones (excluding diaryl/α,β-unsaturated/α-hetero) is 1. The number of allylic oxidation sites excluding steroid dienone is 1. The highest BCUT2D eigenvalue weighted by Gasteiger charge is 2.56. The zero-order valence-electron chi connectivity index (χ0n) is 19.8. The summed E-state index contributed by atoms with van der Waals surface area (Å²) in [6, 6.07) is 31.9. The molecule has 0 spiro atoms. The van der Waals surface area contributed by atoms with Crippen LogP contribution >= 0.6 is 0 Å². The number of carbonyl (C=O) groups excluding carboxylic acids is 1. The average molecular weight is 468 g/mol. The van der Waals surface area contributed by atoms with E-state index in [-0.39, 0.29) is 41.2 Å². The molecule has 0 radical (unpaired) electrons. The Labute approximate surface area is 211 Å². The maximum atomic E-state index is 14.1. The van der Waals surface area contributed by atoms with Crippen LogP contribution in [0.1, 0.15) is 35.4 Å². The summed E-state index contributed by atoms with van der Waals surface area (Å²) in [6.45, 7) is 0. The number of para-hydroxylation sites is 1. The second-order valence-corrected chi connectivity index (χ2v) is 9.78. The third-order valence-electron chi connectivity index (χ3n) is 7.77. The quantitative estimate of drug-likeness (QED) is 0.422. The van der Waals surface area contributed by atoms with E-state index >= 15 is 0 Å². The van der Waals surface area contributed by atoms with Gasteiger partial charge in [0.05, 0.1) is 12.1 Å². The van der Waals surface area contributed by atoms with Crippen LogP contribution in [0.2, 0.25) is 0 Å². The second kappa shape index (κ2) is 8.99. The summed E-state index contributed by atoms with van der Waals surface area (Å²) in [4.78, 5) is 16.3. The van der Waals surface area contributed by atoms with Crippen molar-refractivity contribution in [1.82, 2.24) is 0 Å². The van der Waals surface area contributed by atoms with Gasteiger partial charge in [-0.3, -0.25) is 4.79 Å². The predicted molar refractivity (Wildman–Crippen MR) is 141 cm³/mol. The molecule has 4 heteroatoms. The van der Waals surface area contributed by atoms with Gasteiger partial charge in [0.15, 0.2) is 5.78 Å². The third kappa shape index (κ3) is 3.55. The molecule has 36 heavy (non-hydrogen) atoms. The fraction of sp³-hybridized carbons (Fsp3) is 0.219. The van der Waals surface area contributed by atoms with Gasteiger partial charge in [-0.05, 0) is 41.2 Å². The maximum Gasteiger partial charge on any atom is 0.158 e. The van der Waals surface area contributed by atoms with Crippen molar-refractivity contribution in [2.75, 3.05) is 4.90 Å². The van der Waals surface area contributed by atoms with Crippen molar-refractivity contribution in [3.8, 4) is 12.1 Å². The summed E-state index contributed by atoms with van der Waals surface area (Å²) in [6.07, 6.45) is 6.15. The highest BCUT2D eigenvalue weighted by molar-refractivity contribution is 5.96. The van der Waals surface area contributed by atoms with Crippen LogP contribution in [0.25, 0.3) is 11.6 Å². The first-order chi connectivity index (χ1) is 17.7. The second-order valence-electron chi connectivity index (χ2n) is 9.78. The third-order valence-corrected chi connectivity index (χ3v) is 7.77. The van der Waals surface area contributed by atoms with Gasteiger partial charge in [-0.25, -0.2) is 0 Å². The molecule has 1 saturated heterocycles. The molecular weight excluding hydrogens is 442 g/mol. The summed E-state index contributed by atoms with van der Waals surface area (Å²) in [5.41, 5.74) is 4.87. The van der Waals surface area contributed by atoms with Crippen LogP contribution in [0.4, 0.5) is 5.69 Å². The van der Waals surface area contributed by atoms with Crippen LogP contribution in [0.3, 0.4) is 0 Å². The van der Waals surface area contributed by atoms with Crippen molar-refractivity contribution < 1.29 is 4.79 Å². The van der Waals surface area contributed by atoms with Crippen LogP contribution in [0.15, 0.2) is 96.6 Å². The number of hydrogen-bond acceptors (Lipinski definition) is 4. The molecule has 174 valence electrons. The van der Waals surface area contributed by atoms with Gasteiger partial charge < -0.3 is 4.90 Å². The number of benzene rings is 3. The van der Waals surface area contributed by atoms with Crippen LogP contribution in [0, 0.1) is 34.5 Å². The molecule has 1 saturated carbocycles. The van der Waals surface area contributed by atoms with Crippen LogP contribution < -0.4 is 4.90 Å². The lowest BCUT2D eigenvalue weighted by molar-refractivity contribution is -0.121. The molecule has 2 aliphatic heterocycles. The lowest BCUT2D eigenvalue weighted by Crippen LogP contribution is -2.44. The number of carbonyl (C=O) groups is 1. The predicted octanol–water partition coefficient (Wildman–Crippen LogP) is 6.15. The van der Waals surface area contributed by atoms with E-state index in [2.05, 4.69) is 53.5 Å². The Morgan fingerprint density at radius 1 is 0.833 bits per heavy atom. The van der Waals surface area contributed by atoms with E-state index in [0.29, 0.717) is 0 Å². The summed E-state index contributed by atoms with van der Waals surface area (Å²) in [5, 5.41) is 20.1. The molecule has 2 heterocycles. The van der Waals surface area contributed by atoms with E-state index in [4.69, 9.17) is 0 Å². The van der Waals surface area contributed by atoms with E-state index in [1.807, 2.05) is 60.7 Å². The highest BCUT2D eigenvalue weighted by Crippen LogP contribution is 2.55. The Hall–Kier alpha value is -4.41. The largest absolute Gasteiger partial charge is 0.353 e. The Bertz CT molecular complexity index is 1440. The van der Waals surface area contributed by atoms with Gasteiger partial charge in [0.1, 0.15) is 17.7 Å². The minimum atomic E-state index is -0.377. The van der Waals surface area contributed by atoms with E-state index in [9.17, 15) is 15.3 Å². The van der Waals surface area contributed by atoms with Gasteiger partial charge in [-0.2, -0.15) is 10.5 Å². The first-order valence-corrected chi connectivity index (χ1v) is 12.5. The first-order valence-electron chi connectivity index (χ1n) is 12.5. The summed E-state index contributed by atoms with van der Waals surface area (Å²) >= 11 is 0. The molecule has 3 aliphatic rings. The topological polar surface area (TPSA) is 67.9 Å². The van der Waals surface area contributed by atoms with Gasteiger partial charge >= 0.3 is 0 Å². The Morgan fingerprint density at radius 2 is 1.47 bits per heavy atom. The molecule has 3 aromatic rings. The van der Waals surface area contributed by atoms with Gasteiger partial charge in [-0.15, -0.1) is 0 Å². The van der Waals surface area contributed by atoms with E-state index in [1.165, 1.54) is 0 Å². The Balaban J connectivity index is 1.65. The van der Waals surface area contributed by atoms with Gasteiger partial charge in [0.2, 0.25) is 0 Å². The average Bonchev–Trinajstić information content (AvgIpc) is 3.73. The van der Waals surface area contributed by atoms with E-state index in [1.54, 1.807) is 0 Å². The van der Waals surface area contributed by atoms with Crippen molar-refractivity contribution in [3.05, 3.63) is 113 Å². The van der Waals surface area contributed by atoms with Crippen LogP contribution in [-0.2, 0) is 4.79 Å². The van der Waals surface area contributed by atoms with Crippen molar-refractivity contribution in [1.29, 1.82) is 10.5 Å². The number of hydrogen-bond donors (Lipinski definition) is 0. The summed E-state index contributed by atoms with van der Waals surface area (Å²) in [5.74, 6) is -0.105. The molecule has 6 rings (SSSR count).